The number of rotatable bonds is 3. The van der Waals surface area contributed by atoms with Crippen molar-refractivity contribution in [2.75, 3.05) is 13.1 Å². The lowest BCUT2D eigenvalue weighted by atomic mass is 10.0. The first-order valence-corrected chi connectivity index (χ1v) is 8.05. The van der Waals surface area contributed by atoms with Crippen molar-refractivity contribution in [2.24, 2.45) is 5.92 Å². The molecule has 1 atom stereocenters. The molecule has 0 saturated carbocycles. The van der Waals surface area contributed by atoms with Gasteiger partial charge in [0.15, 0.2) is 0 Å². The van der Waals surface area contributed by atoms with E-state index in [2.05, 4.69) is 6.92 Å². The van der Waals surface area contributed by atoms with E-state index in [0.717, 1.165) is 36.8 Å². The van der Waals surface area contributed by atoms with Gasteiger partial charge in [0.2, 0.25) is 5.91 Å². The molecule has 23 heavy (non-hydrogen) atoms. The minimum Gasteiger partial charge on any atom is -0.341 e. The number of nitro groups is 1. The number of benzene rings is 1. The van der Waals surface area contributed by atoms with E-state index >= 15 is 0 Å². The summed E-state index contributed by atoms with van der Waals surface area (Å²) in [4.78, 5) is 24.9. The Labute approximate surface area is 134 Å². The van der Waals surface area contributed by atoms with Gasteiger partial charge < -0.3 is 9.47 Å². The number of carbonyl (C=O) groups excluding carboxylic acids is 1. The lowest BCUT2D eigenvalue weighted by Crippen LogP contribution is -2.34. The Morgan fingerprint density at radius 3 is 2.91 bits per heavy atom. The monoisotopic (exact) mass is 315 g/mol. The Morgan fingerprint density at radius 1 is 1.30 bits per heavy atom. The van der Waals surface area contributed by atoms with E-state index in [1.807, 2.05) is 21.7 Å². The lowest BCUT2D eigenvalue weighted by molar-refractivity contribution is -0.384. The highest BCUT2D eigenvalue weighted by atomic mass is 16.6. The summed E-state index contributed by atoms with van der Waals surface area (Å²) in [6.45, 7) is 4.18. The van der Waals surface area contributed by atoms with Gasteiger partial charge in [-0.15, -0.1) is 0 Å². The summed E-state index contributed by atoms with van der Waals surface area (Å²) in [5.41, 5.74) is 0.926. The number of amides is 1. The molecule has 1 aliphatic heterocycles. The Hall–Kier alpha value is -2.37. The van der Waals surface area contributed by atoms with E-state index in [9.17, 15) is 14.9 Å². The molecule has 0 bridgehead atoms. The number of likely N-dealkylation sites (tertiary alicyclic amines) is 1. The van der Waals surface area contributed by atoms with E-state index in [1.54, 1.807) is 12.1 Å². The quantitative estimate of drug-likeness (QED) is 0.645. The molecule has 0 spiro atoms. The topological polar surface area (TPSA) is 68.4 Å². The predicted octanol–water partition coefficient (Wildman–Crippen LogP) is 3.20. The summed E-state index contributed by atoms with van der Waals surface area (Å²) < 4.78 is 1.87. The maximum absolute atomic E-state index is 12.5. The molecule has 122 valence electrons. The molecule has 0 aliphatic carbocycles. The minimum atomic E-state index is -0.402. The second-order valence-electron chi connectivity index (χ2n) is 6.36. The lowest BCUT2D eigenvalue weighted by Gasteiger charge is -2.21. The Balaban J connectivity index is 1.76. The fourth-order valence-corrected chi connectivity index (χ4v) is 3.20. The van der Waals surface area contributed by atoms with Gasteiger partial charge in [-0.05, 0) is 37.3 Å². The first-order chi connectivity index (χ1) is 11.0. The number of nitrogens with zero attached hydrogens (tertiary/aromatic N) is 3. The molecular weight excluding hydrogens is 294 g/mol. The van der Waals surface area contributed by atoms with E-state index in [4.69, 9.17) is 0 Å². The third-order valence-corrected chi connectivity index (χ3v) is 4.64. The Morgan fingerprint density at radius 2 is 2.13 bits per heavy atom. The van der Waals surface area contributed by atoms with E-state index in [1.165, 1.54) is 12.5 Å². The van der Waals surface area contributed by atoms with Gasteiger partial charge in [0.05, 0.1) is 4.92 Å². The molecule has 6 nitrogen and oxygen atoms in total. The molecule has 1 aromatic carbocycles. The maximum Gasteiger partial charge on any atom is 0.270 e. The van der Waals surface area contributed by atoms with Crippen LogP contribution in [0.25, 0.3) is 10.9 Å². The van der Waals surface area contributed by atoms with Gasteiger partial charge in [-0.1, -0.05) is 6.92 Å². The summed E-state index contributed by atoms with van der Waals surface area (Å²) in [6, 6.07) is 6.56. The highest BCUT2D eigenvalue weighted by molar-refractivity contribution is 5.85. The summed E-state index contributed by atoms with van der Waals surface area (Å²) >= 11 is 0. The number of aromatic nitrogens is 1. The number of nitro benzene ring substituents is 1. The van der Waals surface area contributed by atoms with Crippen molar-refractivity contribution in [1.82, 2.24) is 9.47 Å². The van der Waals surface area contributed by atoms with Crippen LogP contribution in [0.5, 0.6) is 0 Å². The van der Waals surface area contributed by atoms with Crippen LogP contribution in [0, 0.1) is 16.0 Å². The van der Waals surface area contributed by atoms with Gasteiger partial charge in [0, 0.05) is 42.3 Å². The van der Waals surface area contributed by atoms with Crippen LogP contribution in [-0.4, -0.2) is 33.4 Å². The summed E-state index contributed by atoms with van der Waals surface area (Å²) in [5.74, 6) is 0.802. The molecule has 3 rings (SSSR count). The third kappa shape index (κ3) is 3.36. The van der Waals surface area contributed by atoms with Crippen molar-refractivity contribution in [3.05, 3.63) is 40.6 Å². The second kappa shape index (κ2) is 6.40. The van der Waals surface area contributed by atoms with Crippen LogP contribution < -0.4 is 0 Å². The Kier molecular flexibility index (Phi) is 4.32. The van der Waals surface area contributed by atoms with Crippen LogP contribution in [0.2, 0.25) is 0 Å². The van der Waals surface area contributed by atoms with Crippen LogP contribution in [-0.2, 0) is 11.3 Å². The number of non-ortho nitro benzene ring substituents is 1. The van der Waals surface area contributed by atoms with Crippen LogP contribution in [0.3, 0.4) is 0 Å². The van der Waals surface area contributed by atoms with Crippen LogP contribution in [0.1, 0.15) is 26.2 Å². The second-order valence-corrected chi connectivity index (χ2v) is 6.36. The average molecular weight is 315 g/mol. The number of carbonyl (C=O) groups is 1. The smallest absolute Gasteiger partial charge is 0.270 e. The van der Waals surface area contributed by atoms with Gasteiger partial charge in [-0.3, -0.25) is 14.9 Å². The molecular formula is C17H21N3O3. The zero-order valence-corrected chi connectivity index (χ0v) is 13.3. The third-order valence-electron chi connectivity index (χ3n) is 4.64. The number of hydrogen-bond donors (Lipinski definition) is 0. The normalized spacial score (nSPS) is 18.8. The van der Waals surface area contributed by atoms with Crippen molar-refractivity contribution in [2.45, 2.75) is 32.7 Å². The highest BCUT2D eigenvalue weighted by Gasteiger charge is 2.19. The molecule has 1 aromatic heterocycles. The molecule has 1 fully saturated rings. The van der Waals surface area contributed by atoms with Gasteiger partial charge in [0.25, 0.3) is 5.69 Å². The molecule has 0 unspecified atom stereocenters. The zero-order valence-electron chi connectivity index (χ0n) is 13.3. The van der Waals surface area contributed by atoms with Gasteiger partial charge >= 0.3 is 0 Å². The SMILES string of the molecule is C[C@H]1CCCN(C(=O)Cn2ccc3cc([N+](=O)[O-])ccc32)CC1. The molecule has 0 N–H and O–H groups in total. The van der Waals surface area contributed by atoms with Crippen molar-refractivity contribution < 1.29 is 9.72 Å². The van der Waals surface area contributed by atoms with Crippen LogP contribution in [0.4, 0.5) is 5.69 Å². The highest BCUT2D eigenvalue weighted by Crippen LogP contribution is 2.22. The van der Waals surface area contributed by atoms with Crippen molar-refractivity contribution in [3.8, 4) is 0 Å². The molecule has 0 radical (unpaired) electrons. The van der Waals surface area contributed by atoms with Crippen molar-refractivity contribution in [3.63, 3.8) is 0 Å². The molecule has 1 aliphatic rings. The first-order valence-electron chi connectivity index (χ1n) is 8.05. The largest absolute Gasteiger partial charge is 0.341 e. The summed E-state index contributed by atoms with van der Waals surface area (Å²) in [6.07, 6.45) is 5.13. The standard InChI is InChI=1S/C17H21N3O3/c1-13-3-2-8-18(9-6-13)17(21)12-19-10-7-14-11-15(20(22)23)4-5-16(14)19/h4-5,7,10-11,13H,2-3,6,8-9,12H2,1H3/t13-/m0/s1. The van der Waals surface area contributed by atoms with Crippen molar-refractivity contribution in [1.29, 1.82) is 0 Å². The predicted molar refractivity (Wildman–Crippen MR) is 88.2 cm³/mol. The van der Waals surface area contributed by atoms with Gasteiger partial charge in [-0.25, -0.2) is 0 Å². The van der Waals surface area contributed by atoms with Crippen LogP contribution >= 0.6 is 0 Å². The molecule has 1 amide bonds. The minimum absolute atomic E-state index is 0.0723. The fraction of sp³-hybridized carbons (Fsp3) is 0.471. The maximum atomic E-state index is 12.5. The fourth-order valence-electron chi connectivity index (χ4n) is 3.20. The summed E-state index contributed by atoms with van der Waals surface area (Å²) in [5, 5.41) is 11.6. The first kappa shape index (κ1) is 15.5. The van der Waals surface area contributed by atoms with E-state index in [-0.39, 0.29) is 18.1 Å². The summed E-state index contributed by atoms with van der Waals surface area (Å²) in [7, 11) is 0. The van der Waals surface area contributed by atoms with E-state index in [0.29, 0.717) is 5.92 Å². The van der Waals surface area contributed by atoms with Crippen LogP contribution in [0.15, 0.2) is 30.5 Å². The number of fused-ring (bicyclic) bond motifs is 1. The van der Waals surface area contributed by atoms with Gasteiger partial charge in [0.1, 0.15) is 6.54 Å². The molecule has 2 heterocycles. The average Bonchev–Trinajstić information content (AvgIpc) is 2.78. The zero-order chi connectivity index (χ0) is 16.4. The van der Waals surface area contributed by atoms with E-state index < -0.39 is 4.92 Å². The molecule has 2 aromatic rings. The number of hydrogen-bond acceptors (Lipinski definition) is 3. The molecule has 6 heteroatoms. The van der Waals surface area contributed by atoms with Gasteiger partial charge in [-0.2, -0.15) is 0 Å². The van der Waals surface area contributed by atoms with Crippen molar-refractivity contribution >= 4 is 22.5 Å². The molecule has 1 saturated heterocycles. The Bertz CT molecular complexity index is 738.